The molecule has 5 nitrogen and oxygen atoms in total. The highest BCUT2D eigenvalue weighted by Crippen LogP contribution is 2.49. The molecule has 2 aliphatic rings. The van der Waals surface area contributed by atoms with Crippen molar-refractivity contribution < 1.29 is 9.47 Å². The molecule has 1 fully saturated rings. The Balaban J connectivity index is 1.77. The molecule has 0 amide bonds. The van der Waals surface area contributed by atoms with E-state index in [1.165, 1.54) is 5.56 Å². The monoisotopic (exact) mass is 383 g/mol. The maximum Gasteiger partial charge on any atom is 0.161 e. The first-order chi connectivity index (χ1) is 13.3. The van der Waals surface area contributed by atoms with Crippen LogP contribution in [0.15, 0.2) is 47.6 Å². The number of pyridine rings is 1. The predicted molar refractivity (Wildman–Crippen MR) is 110 cm³/mol. The third-order valence-corrected chi connectivity index (χ3v) is 6.28. The number of methoxy groups -OCH3 is 1. The Kier molecular flexibility index (Phi) is 5.25. The van der Waals surface area contributed by atoms with Gasteiger partial charge >= 0.3 is 0 Å². The van der Waals surface area contributed by atoms with E-state index in [0.29, 0.717) is 12.6 Å². The Hall–Kier alpha value is -2.21. The number of aliphatic imine (C=N–C) groups is 1. The first kappa shape index (κ1) is 18.2. The topological polar surface area (TPSA) is 47.0 Å². The van der Waals surface area contributed by atoms with Gasteiger partial charge in [-0.3, -0.25) is 9.98 Å². The molecule has 6 heteroatoms. The van der Waals surface area contributed by atoms with Gasteiger partial charge in [-0.1, -0.05) is 30.8 Å². The second-order valence-corrected chi connectivity index (χ2v) is 7.67. The summed E-state index contributed by atoms with van der Waals surface area (Å²) in [6.45, 7) is 4.84. The number of ether oxygens (including phenoxy) is 2. The average Bonchev–Trinajstić information content (AvgIpc) is 3.28. The minimum atomic E-state index is -0.00861. The van der Waals surface area contributed by atoms with Crippen LogP contribution in [0.2, 0.25) is 0 Å². The van der Waals surface area contributed by atoms with Crippen LogP contribution in [-0.4, -0.2) is 40.6 Å². The molecule has 0 unspecified atom stereocenters. The number of thioether (sulfide) groups is 1. The summed E-state index contributed by atoms with van der Waals surface area (Å²) in [7, 11) is 1.69. The Labute approximate surface area is 164 Å². The molecular formula is C21H25N3O2S. The molecule has 4 rings (SSSR count). The van der Waals surface area contributed by atoms with E-state index in [2.05, 4.69) is 35.0 Å². The van der Waals surface area contributed by atoms with E-state index in [4.69, 9.17) is 14.5 Å². The normalized spacial score (nSPS) is 23.9. The van der Waals surface area contributed by atoms with Gasteiger partial charge in [0.25, 0.3) is 0 Å². The molecule has 1 aromatic carbocycles. The van der Waals surface area contributed by atoms with Gasteiger partial charge in [-0.15, -0.1) is 0 Å². The van der Waals surface area contributed by atoms with E-state index in [1.54, 1.807) is 7.11 Å². The summed E-state index contributed by atoms with van der Waals surface area (Å²) in [4.78, 5) is 12.2. The maximum absolute atomic E-state index is 5.70. The number of rotatable bonds is 6. The van der Waals surface area contributed by atoms with Crippen LogP contribution < -0.4 is 9.47 Å². The van der Waals surface area contributed by atoms with Crippen molar-refractivity contribution in [3.05, 3.63) is 53.9 Å². The number of fused-ring (bicyclic) bond motifs is 1. The van der Waals surface area contributed by atoms with Crippen LogP contribution >= 0.6 is 11.8 Å². The fourth-order valence-corrected chi connectivity index (χ4v) is 5.19. The summed E-state index contributed by atoms with van der Waals surface area (Å²) < 4.78 is 11.3. The van der Waals surface area contributed by atoms with Gasteiger partial charge < -0.3 is 14.4 Å². The highest BCUT2D eigenvalue weighted by atomic mass is 32.2. The molecule has 0 bridgehead atoms. The van der Waals surface area contributed by atoms with E-state index in [9.17, 15) is 0 Å². The molecule has 1 aromatic heterocycles. The lowest BCUT2D eigenvalue weighted by Gasteiger charge is -2.32. The molecule has 0 saturated carbocycles. The van der Waals surface area contributed by atoms with Gasteiger partial charge in [-0.05, 0) is 43.2 Å². The van der Waals surface area contributed by atoms with E-state index in [-0.39, 0.29) is 12.1 Å². The lowest BCUT2D eigenvalue weighted by atomic mass is 9.95. The van der Waals surface area contributed by atoms with Crippen LogP contribution in [0.1, 0.15) is 43.6 Å². The fourth-order valence-electron chi connectivity index (χ4n) is 3.85. The van der Waals surface area contributed by atoms with Crippen molar-refractivity contribution in [2.24, 2.45) is 4.99 Å². The summed E-state index contributed by atoms with van der Waals surface area (Å²) >= 11 is 1.86. The van der Waals surface area contributed by atoms with Crippen molar-refractivity contribution >= 4 is 16.9 Å². The minimum absolute atomic E-state index is 0.00861. The third-order valence-electron chi connectivity index (χ3n) is 5.16. The lowest BCUT2D eigenvalue weighted by Crippen LogP contribution is -2.35. The molecule has 0 aliphatic carbocycles. The molecule has 3 heterocycles. The zero-order valence-corrected chi connectivity index (χ0v) is 16.8. The van der Waals surface area contributed by atoms with Crippen molar-refractivity contribution in [1.82, 2.24) is 9.88 Å². The lowest BCUT2D eigenvalue weighted by molar-refractivity contribution is 0.254. The van der Waals surface area contributed by atoms with Gasteiger partial charge in [-0.2, -0.15) is 0 Å². The molecule has 0 radical (unpaired) electrons. The molecule has 2 aliphatic heterocycles. The number of hydrogen-bond acceptors (Lipinski definition) is 6. The Morgan fingerprint density at radius 2 is 2.07 bits per heavy atom. The van der Waals surface area contributed by atoms with Crippen LogP contribution in [0, 0.1) is 0 Å². The maximum atomic E-state index is 5.70. The molecule has 27 heavy (non-hydrogen) atoms. The second kappa shape index (κ2) is 7.80. The van der Waals surface area contributed by atoms with Gasteiger partial charge in [0, 0.05) is 18.0 Å². The summed E-state index contributed by atoms with van der Waals surface area (Å²) in [5.41, 5.74) is 2.19. The van der Waals surface area contributed by atoms with Crippen LogP contribution in [0.5, 0.6) is 11.5 Å². The number of hydrogen-bond donors (Lipinski definition) is 0. The zero-order valence-electron chi connectivity index (χ0n) is 16.0. The SMILES string of the molecule is CCOc1ccc([C@@H]2[C@@H](c3ccccn3)N=C3SC[C@@H](CC)N32)cc1OC. The van der Waals surface area contributed by atoms with Gasteiger partial charge in [-0.25, -0.2) is 0 Å². The van der Waals surface area contributed by atoms with Crippen LogP contribution in [0.4, 0.5) is 0 Å². The summed E-state index contributed by atoms with van der Waals surface area (Å²) in [5.74, 6) is 2.64. The van der Waals surface area contributed by atoms with E-state index in [0.717, 1.165) is 34.5 Å². The molecule has 0 spiro atoms. The molecule has 0 N–H and O–H groups in total. The highest BCUT2D eigenvalue weighted by Gasteiger charge is 2.45. The first-order valence-corrected chi connectivity index (χ1v) is 10.5. The van der Waals surface area contributed by atoms with Crippen molar-refractivity contribution in [2.75, 3.05) is 19.5 Å². The van der Waals surface area contributed by atoms with Crippen LogP contribution in [-0.2, 0) is 0 Å². The van der Waals surface area contributed by atoms with Crippen molar-refractivity contribution in [1.29, 1.82) is 0 Å². The van der Waals surface area contributed by atoms with Gasteiger partial charge in [0.15, 0.2) is 16.7 Å². The van der Waals surface area contributed by atoms with E-state index in [1.807, 2.05) is 43.1 Å². The van der Waals surface area contributed by atoms with E-state index >= 15 is 0 Å². The quantitative estimate of drug-likeness (QED) is 0.737. The number of aromatic nitrogens is 1. The van der Waals surface area contributed by atoms with Gasteiger partial charge in [0.05, 0.1) is 25.5 Å². The van der Waals surface area contributed by atoms with Crippen LogP contribution in [0.25, 0.3) is 0 Å². The summed E-state index contributed by atoms with van der Waals surface area (Å²) in [5, 5.41) is 1.13. The van der Waals surface area contributed by atoms with Crippen molar-refractivity contribution in [2.45, 2.75) is 38.4 Å². The average molecular weight is 384 g/mol. The zero-order chi connectivity index (χ0) is 18.8. The van der Waals surface area contributed by atoms with Gasteiger partial charge in [0.2, 0.25) is 0 Å². The Morgan fingerprint density at radius 3 is 2.78 bits per heavy atom. The Bertz CT molecular complexity index is 827. The minimum Gasteiger partial charge on any atom is -0.493 e. The molecule has 3 atom stereocenters. The Morgan fingerprint density at radius 1 is 1.19 bits per heavy atom. The predicted octanol–water partition coefficient (Wildman–Crippen LogP) is 4.47. The first-order valence-electron chi connectivity index (χ1n) is 9.47. The van der Waals surface area contributed by atoms with Crippen molar-refractivity contribution in [3.8, 4) is 11.5 Å². The third kappa shape index (κ3) is 3.27. The number of benzene rings is 1. The summed E-state index contributed by atoms with van der Waals surface area (Å²) in [6, 6.07) is 12.9. The smallest absolute Gasteiger partial charge is 0.161 e. The van der Waals surface area contributed by atoms with E-state index < -0.39 is 0 Å². The molecule has 142 valence electrons. The standard InChI is InChI=1S/C21H25N3O2S/c1-4-15-13-27-21-23-19(16-8-6-7-11-22-16)20(24(15)21)14-9-10-17(26-5-2)18(12-14)25-3/h6-12,15,19-20H,4-5,13H2,1-3H3/t15-,19-,20-/m1/s1. The largest absolute Gasteiger partial charge is 0.493 e. The molecule has 1 saturated heterocycles. The fraction of sp³-hybridized carbons (Fsp3) is 0.429. The molecule has 2 aromatic rings. The number of amidine groups is 1. The highest BCUT2D eigenvalue weighted by molar-refractivity contribution is 8.14. The van der Waals surface area contributed by atoms with Gasteiger partial charge in [0.1, 0.15) is 6.04 Å². The summed E-state index contributed by atoms with van der Waals surface area (Å²) in [6.07, 6.45) is 2.95. The second-order valence-electron chi connectivity index (χ2n) is 6.68. The van der Waals surface area contributed by atoms with Crippen LogP contribution in [0.3, 0.4) is 0 Å². The van der Waals surface area contributed by atoms with Crippen molar-refractivity contribution in [3.63, 3.8) is 0 Å². The molecular weight excluding hydrogens is 358 g/mol. The number of nitrogens with zero attached hydrogens (tertiary/aromatic N) is 3.